The summed E-state index contributed by atoms with van der Waals surface area (Å²) in [5, 5.41) is 20.1. The Morgan fingerprint density at radius 3 is 3.04 bits per heavy atom. The number of nitrogens with zero attached hydrogens (tertiary/aromatic N) is 5. The number of likely N-dealkylation sites (tertiary alicyclic amines) is 1. The summed E-state index contributed by atoms with van der Waals surface area (Å²) in [6, 6.07) is 2.05. The number of rotatable bonds is 3. The standard InChI is InChI=1S/C18H24N6O2/c25-12-15-10-24(22-21-15)16-5-3-7-23(11-16)18(26)20-14-8-13-4-1-2-6-17(13)19-9-14/h8-10,16,25H,1-7,11-12H2,(H,20,26)/t16-/m1/s1. The maximum Gasteiger partial charge on any atom is 0.321 e. The summed E-state index contributed by atoms with van der Waals surface area (Å²) in [5.41, 5.74) is 3.73. The summed E-state index contributed by atoms with van der Waals surface area (Å²) < 4.78 is 1.76. The van der Waals surface area contributed by atoms with Crippen LogP contribution in [0.3, 0.4) is 0 Å². The summed E-state index contributed by atoms with van der Waals surface area (Å²) in [6.07, 6.45) is 9.82. The van der Waals surface area contributed by atoms with Crippen molar-refractivity contribution in [3.63, 3.8) is 0 Å². The van der Waals surface area contributed by atoms with Crippen LogP contribution in [-0.2, 0) is 19.4 Å². The Hall–Kier alpha value is -2.48. The van der Waals surface area contributed by atoms with Crippen LogP contribution in [0.4, 0.5) is 10.5 Å². The van der Waals surface area contributed by atoms with Crippen molar-refractivity contribution < 1.29 is 9.90 Å². The van der Waals surface area contributed by atoms with Gasteiger partial charge >= 0.3 is 6.03 Å². The van der Waals surface area contributed by atoms with Crippen molar-refractivity contribution >= 4 is 11.7 Å². The number of piperidine rings is 1. The Kier molecular flexibility index (Phi) is 4.83. The third kappa shape index (κ3) is 3.55. The van der Waals surface area contributed by atoms with Crippen molar-refractivity contribution in [2.24, 2.45) is 0 Å². The number of pyridine rings is 1. The molecule has 0 bridgehead atoms. The molecule has 2 aromatic rings. The van der Waals surface area contributed by atoms with E-state index in [1.807, 2.05) is 4.90 Å². The van der Waals surface area contributed by atoms with E-state index in [9.17, 15) is 4.79 Å². The Bertz CT molecular complexity index is 790. The number of aromatic nitrogens is 4. The van der Waals surface area contributed by atoms with Crippen molar-refractivity contribution in [2.75, 3.05) is 18.4 Å². The molecule has 2 aliphatic rings. The minimum Gasteiger partial charge on any atom is -0.390 e. The van der Waals surface area contributed by atoms with Crippen LogP contribution in [0, 0.1) is 0 Å². The Balaban J connectivity index is 1.41. The maximum absolute atomic E-state index is 12.7. The van der Waals surface area contributed by atoms with Gasteiger partial charge in [0.15, 0.2) is 0 Å². The Labute approximate surface area is 152 Å². The number of aryl methyl sites for hydroxylation is 2. The zero-order valence-electron chi connectivity index (χ0n) is 14.8. The van der Waals surface area contributed by atoms with Crippen LogP contribution >= 0.6 is 0 Å². The van der Waals surface area contributed by atoms with Crippen molar-refractivity contribution in [2.45, 2.75) is 51.2 Å². The molecule has 1 atom stereocenters. The molecule has 3 heterocycles. The van der Waals surface area contributed by atoms with Crippen molar-refractivity contribution in [3.05, 3.63) is 35.4 Å². The van der Waals surface area contributed by atoms with Crippen LogP contribution in [0.15, 0.2) is 18.5 Å². The highest BCUT2D eigenvalue weighted by molar-refractivity contribution is 5.89. The van der Waals surface area contributed by atoms with Gasteiger partial charge in [-0.1, -0.05) is 5.21 Å². The van der Waals surface area contributed by atoms with Crippen LogP contribution in [0.1, 0.15) is 48.7 Å². The number of nitrogens with one attached hydrogen (secondary N) is 1. The van der Waals surface area contributed by atoms with Gasteiger partial charge in [0.05, 0.1) is 30.7 Å². The average Bonchev–Trinajstić information content (AvgIpc) is 3.17. The lowest BCUT2D eigenvalue weighted by Gasteiger charge is -2.32. The molecular weight excluding hydrogens is 332 g/mol. The molecule has 0 spiro atoms. The first-order valence-electron chi connectivity index (χ1n) is 9.28. The molecule has 1 aliphatic heterocycles. The molecule has 0 radical (unpaired) electrons. The lowest BCUT2D eigenvalue weighted by atomic mass is 9.96. The van der Waals surface area contributed by atoms with Gasteiger partial charge in [-0.05, 0) is 50.2 Å². The lowest BCUT2D eigenvalue weighted by molar-refractivity contribution is 0.174. The fraction of sp³-hybridized carbons (Fsp3) is 0.556. The fourth-order valence-electron chi connectivity index (χ4n) is 3.78. The van der Waals surface area contributed by atoms with Crippen molar-refractivity contribution in [1.29, 1.82) is 0 Å². The van der Waals surface area contributed by atoms with Gasteiger partial charge < -0.3 is 15.3 Å². The SMILES string of the molecule is O=C(Nc1cnc2c(c1)CCCC2)N1CCC[C@@H](n2cc(CO)nn2)C1. The number of hydrogen-bond donors (Lipinski definition) is 2. The van der Waals surface area contributed by atoms with Gasteiger partial charge in [0.2, 0.25) is 0 Å². The van der Waals surface area contributed by atoms with Gasteiger partial charge in [0.25, 0.3) is 0 Å². The van der Waals surface area contributed by atoms with Crippen LogP contribution < -0.4 is 5.32 Å². The molecule has 138 valence electrons. The molecule has 0 aromatic carbocycles. The quantitative estimate of drug-likeness (QED) is 0.876. The van der Waals surface area contributed by atoms with Crippen molar-refractivity contribution in [3.8, 4) is 0 Å². The largest absolute Gasteiger partial charge is 0.390 e. The number of anilines is 1. The van der Waals surface area contributed by atoms with E-state index in [1.165, 1.54) is 18.4 Å². The number of fused-ring (bicyclic) bond motifs is 1. The molecule has 1 saturated heterocycles. The molecule has 4 rings (SSSR count). The summed E-state index contributed by atoms with van der Waals surface area (Å²) in [5.74, 6) is 0. The summed E-state index contributed by atoms with van der Waals surface area (Å²) >= 11 is 0. The highest BCUT2D eigenvalue weighted by Gasteiger charge is 2.26. The number of aliphatic hydroxyl groups excluding tert-OH is 1. The molecule has 0 saturated carbocycles. The first-order valence-corrected chi connectivity index (χ1v) is 9.28. The molecule has 0 unspecified atom stereocenters. The number of hydrogen-bond acceptors (Lipinski definition) is 5. The predicted octanol–water partition coefficient (Wildman–Crippen LogP) is 1.91. The molecule has 8 heteroatoms. The average molecular weight is 356 g/mol. The third-order valence-corrected chi connectivity index (χ3v) is 5.20. The molecule has 8 nitrogen and oxygen atoms in total. The highest BCUT2D eigenvalue weighted by atomic mass is 16.3. The first-order chi connectivity index (χ1) is 12.7. The van der Waals surface area contributed by atoms with E-state index in [1.54, 1.807) is 17.1 Å². The highest BCUT2D eigenvalue weighted by Crippen LogP contribution is 2.24. The van der Waals surface area contributed by atoms with E-state index >= 15 is 0 Å². The summed E-state index contributed by atoms with van der Waals surface area (Å²) in [6.45, 7) is 1.18. The molecule has 1 aliphatic carbocycles. The van der Waals surface area contributed by atoms with Crippen molar-refractivity contribution in [1.82, 2.24) is 24.9 Å². The van der Waals surface area contributed by atoms with Crippen LogP contribution in [0.5, 0.6) is 0 Å². The monoisotopic (exact) mass is 356 g/mol. The molecule has 2 amide bonds. The zero-order chi connectivity index (χ0) is 17.9. The van der Waals surface area contributed by atoms with Crippen LogP contribution in [0.2, 0.25) is 0 Å². The smallest absolute Gasteiger partial charge is 0.321 e. The van der Waals surface area contributed by atoms with E-state index in [-0.39, 0.29) is 18.7 Å². The van der Waals surface area contributed by atoms with E-state index in [2.05, 4.69) is 26.7 Å². The van der Waals surface area contributed by atoms with E-state index in [0.717, 1.165) is 43.6 Å². The van der Waals surface area contributed by atoms with Gasteiger partial charge in [-0.3, -0.25) is 4.98 Å². The fourth-order valence-corrected chi connectivity index (χ4v) is 3.78. The normalized spacial score (nSPS) is 19.9. The maximum atomic E-state index is 12.7. The summed E-state index contributed by atoms with van der Waals surface area (Å²) in [4.78, 5) is 19.0. The molecular formula is C18H24N6O2. The van der Waals surface area contributed by atoms with Gasteiger partial charge in [0, 0.05) is 18.8 Å². The summed E-state index contributed by atoms with van der Waals surface area (Å²) in [7, 11) is 0. The Morgan fingerprint density at radius 1 is 1.31 bits per heavy atom. The van der Waals surface area contributed by atoms with E-state index in [4.69, 9.17) is 5.11 Å². The Morgan fingerprint density at radius 2 is 2.19 bits per heavy atom. The first kappa shape index (κ1) is 17.0. The lowest BCUT2D eigenvalue weighted by Crippen LogP contribution is -2.43. The topological polar surface area (TPSA) is 96.2 Å². The number of aliphatic hydroxyl groups is 1. The second-order valence-corrected chi connectivity index (χ2v) is 7.06. The van der Waals surface area contributed by atoms with Gasteiger partial charge in [-0.25, -0.2) is 9.48 Å². The number of urea groups is 1. The number of carbonyl (C=O) groups excluding carboxylic acids is 1. The second-order valence-electron chi connectivity index (χ2n) is 7.06. The minimum absolute atomic E-state index is 0.0870. The molecule has 26 heavy (non-hydrogen) atoms. The molecule has 2 aromatic heterocycles. The molecule has 1 fully saturated rings. The van der Waals surface area contributed by atoms with Crippen LogP contribution in [0.25, 0.3) is 0 Å². The van der Waals surface area contributed by atoms with Gasteiger partial charge in [0.1, 0.15) is 5.69 Å². The van der Waals surface area contributed by atoms with Gasteiger partial charge in [-0.2, -0.15) is 0 Å². The predicted molar refractivity (Wildman–Crippen MR) is 95.7 cm³/mol. The number of carbonyl (C=O) groups is 1. The minimum atomic E-state index is -0.123. The van der Waals surface area contributed by atoms with Gasteiger partial charge in [-0.15, -0.1) is 5.10 Å². The van der Waals surface area contributed by atoms with E-state index < -0.39 is 0 Å². The van der Waals surface area contributed by atoms with E-state index in [0.29, 0.717) is 12.2 Å². The third-order valence-electron chi connectivity index (χ3n) is 5.20. The zero-order valence-corrected chi connectivity index (χ0v) is 14.8. The second kappa shape index (κ2) is 7.41. The number of amides is 2. The molecule has 2 N–H and O–H groups in total. The van der Waals surface area contributed by atoms with Crippen LogP contribution in [-0.4, -0.2) is 49.1 Å².